The summed E-state index contributed by atoms with van der Waals surface area (Å²) in [5.74, 6) is 2.15. The third-order valence-electron chi connectivity index (χ3n) is 3.78. The van der Waals surface area contributed by atoms with Crippen molar-refractivity contribution in [3.63, 3.8) is 0 Å². The lowest BCUT2D eigenvalue weighted by atomic mass is 10.1. The number of benzene rings is 1. The average molecular weight is 305 g/mol. The molecule has 1 saturated carbocycles. The van der Waals surface area contributed by atoms with Crippen LogP contribution in [-0.4, -0.2) is 30.2 Å². The largest absolute Gasteiger partial charge is 0.444 e. The molecule has 0 spiro atoms. The highest BCUT2D eigenvalue weighted by Gasteiger charge is 2.42. The van der Waals surface area contributed by atoms with Crippen LogP contribution in [0.25, 0.3) is 0 Å². The zero-order chi connectivity index (χ0) is 15.0. The van der Waals surface area contributed by atoms with E-state index in [-0.39, 0.29) is 24.1 Å². The highest BCUT2D eigenvalue weighted by atomic mass is 35.5. The lowest BCUT2D eigenvalue weighted by molar-refractivity contribution is 0.0660. The number of alkyl carbamates (subject to hydrolysis) is 1. The minimum absolute atomic E-state index is 0.0501. The minimum atomic E-state index is -0.430. The quantitative estimate of drug-likeness (QED) is 0.817. The van der Waals surface area contributed by atoms with Crippen molar-refractivity contribution in [1.82, 2.24) is 10.6 Å². The molecular formula is C15H13ClN2O3. The van der Waals surface area contributed by atoms with Gasteiger partial charge in [0.1, 0.15) is 6.10 Å². The van der Waals surface area contributed by atoms with Crippen LogP contribution in [-0.2, 0) is 4.74 Å². The number of fused-ring (bicyclic) bond motifs is 2. The van der Waals surface area contributed by atoms with Gasteiger partial charge in [-0.1, -0.05) is 17.5 Å². The van der Waals surface area contributed by atoms with E-state index in [1.165, 1.54) is 0 Å². The number of hydrogen-bond donors (Lipinski definition) is 2. The van der Waals surface area contributed by atoms with Gasteiger partial charge in [-0.2, -0.15) is 0 Å². The van der Waals surface area contributed by atoms with Crippen LogP contribution in [0.4, 0.5) is 4.79 Å². The molecule has 3 rings (SSSR count). The number of hydrogen-bond acceptors (Lipinski definition) is 3. The molecule has 2 bridgehead atoms. The minimum Gasteiger partial charge on any atom is -0.444 e. The summed E-state index contributed by atoms with van der Waals surface area (Å²) in [4.78, 5) is 23.6. The van der Waals surface area contributed by atoms with Crippen LogP contribution in [0.15, 0.2) is 18.2 Å². The molecule has 6 heteroatoms. The number of halogens is 1. The monoisotopic (exact) mass is 304 g/mol. The third kappa shape index (κ3) is 2.67. The summed E-state index contributed by atoms with van der Waals surface area (Å²) in [5.41, 5.74) is 0.913. The van der Waals surface area contributed by atoms with E-state index < -0.39 is 6.09 Å². The smallest absolute Gasteiger partial charge is 0.407 e. The van der Waals surface area contributed by atoms with E-state index in [2.05, 4.69) is 16.6 Å². The summed E-state index contributed by atoms with van der Waals surface area (Å²) >= 11 is 6.04. The second-order valence-electron chi connectivity index (χ2n) is 5.18. The first-order valence-corrected chi connectivity index (χ1v) is 6.99. The predicted octanol–water partition coefficient (Wildman–Crippen LogP) is 1.69. The molecule has 2 fully saturated rings. The van der Waals surface area contributed by atoms with E-state index in [4.69, 9.17) is 22.8 Å². The van der Waals surface area contributed by atoms with Crippen molar-refractivity contribution in [2.45, 2.75) is 31.0 Å². The van der Waals surface area contributed by atoms with Crippen LogP contribution in [0.1, 0.15) is 28.8 Å². The Morgan fingerprint density at radius 3 is 3.05 bits per heavy atom. The summed E-state index contributed by atoms with van der Waals surface area (Å²) in [6.45, 7) is 0. The number of nitrogens with one attached hydrogen (secondary N) is 2. The van der Waals surface area contributed by atoms with Crippen molar-refractivity contribution in [2.24, 2.45) is 0 Å². The molecule has 0 radical (unpaired) electrons. The van der Waals surface area contributed by atoms with Gasteiger partial charge in [-0.05, 0) is 24.6 Å². The fourth-order valence-corrected chi connectivity index (χ4v) is 2.98. The SMILES string of the molecule is C#Cc1ccc(Cl)c(C(=O)N[C@@H]2C[C@@H]3C[C@H]2OC(=O)N3)c1. The Kier molecular flexibility index (Phi) is 3.48. The molecule has 3 atom stereocenters. The van der Waals surface area contributed by atoms with Gasteiger partial charge in [0.05, 0.1) is 16.6 Å². The summed E-state index contributed by atoms with van der Waals surface area (Å²) in [5, 5.41) is 5.92. The van der Waals surface area contributed by atoms with Gasteiger partial charge in [-0.3, -0.25) is 4.79 Å². The molecule has 1 aliphatic heterocycles. The van der Waals surface area contributed by atoms with Crippen molar-refractivity contribution in [2.75, 3.05) is 0 Å². The average Bonchev–Trinajstić information content (AvgIpc) is 2.73. The van der Waals surface area contributed by atoms with Crippen molar-refractivity contribution in [1.29, 1.82) is 0 Å². The van der Waals surface area contributed by atoms with Crippen molar-refractivity contribution in [3.05, 3.63) is 34.3 Å². The molecule has 0 aromatic heterocycles. The van der Waals surface area contributed by atoms with E-state index in [0.29, 0.717) is 29.0 Å². The summed E-state index contributed by atoms with van der Waals surface area (Å²) in [7, 11) is 0. The maximum Gasteiger partial charge on any atom is 0.407 e. The van der Waals surface area contributed by atoms with Gasteiger partial charge in [0.15, 0.2) is 0 Å². The van der Waals surface area contributed by atoms with Gasteiger partial charge >= 0.3 is 6.09 Å². The van der Waals surface area contributed by atoms with Crippen LogP contribution < -0.4 is 10.6 Å². The molecule has 2 N–H and O–H groups in total. The van der Waals surface area contributed by atoms with Crippen LogP contribution in [0, 0.1) is 12.3 Å². The number of rotatable bonds is 2. The fourth-order valence-electron chi connectivity index (χ4n) is 2.77. The van der Waals surface area contributed by atoms with Crippen molar-refractivity contribution in [3.8, 4) is 12.3 Å². The normalized spacial score (nSPS) is 26.5. The van der Waals surface area contributed by atoms with Crippen LogP contribution in [0.3, 0.4) is 0 Å². The molecule has 1 saturated heterocycles. The highest BCUT2D eigenvalue weighted by molar-refractivity contribution is 6.33. The van der Waals surface area contributed by atoms with Gasteiger partial charge in [-0.15, -0.1) is 6.42 Å². The van der Waals surface area contributed by atoms with Crippen LogP contribution >= 0.6 is 11.6 Å². The molecule has 2 amide bonds. The molecule has 1 aliphatic carbocycles. The van der Waals surface area contributed by atoms with E-state index in [0.717, 1.165) is 0 Å². The van der Waals surface area contributed by atoms with E-state index in [9.17, 15) is 9.59 Å². The second kappa shape index (κ2) is 5.30. The standard InChI is InChI=1S/C15H13ClN2O3/c1-2-8-3-4-11(16)10(5-8)14(19)18-12-6-9-7-13(12)21-15(20)17-9/h1,3-5,9,12-13H,6-7H2,(H,17,20)(H,18,19)/t9-,12-,13-/m1/s1. The van der Waals surface area contributed by atoms with Gasteiger partial charge in [0.25, 0.3) is 5.91 Å². The van der Waals surface area contributed by atoms with Gasteiger partial charge in [-0.25, -0.2) is 4.79 Å². The fraction of sp³-hybridized carbons (Fsp3) is 0.333. The summed E-state index contributed by atoms with van der Waals surface area (Å²) < 4.78 is 5.17. The van der Waals surface area contributed by atoms with Gasteiger partial charge in [0, 0.05) is 18.0 Å². The number of ether oxygens (including phenoxy) is 1. The summed E-state index contributed by atoms with van der Waals surface area (Å²) in [6, 6.07) is 4.68. The maximum absolute atomic E-state index is 12.3. The van der Waals surface area contributed by atoms with Crippen molar-refractivity contribution >= 4 is 23.6 Å². The Morgan fingerprint density at radius 2 is 2.29 bits per heavy atom. The Balaban J connectivity index is 1.75. The first-order chi connectivity index (χ1) is 10.1. The number of carbonyl (C=O) groups is 2. The summed E-state index contributed by atoms with van der Waals surface area (Å²) in [6.07, 6.45) is 5.96. The van der Waals surface area contributed by atoms with Gasteiger partial charge < -0.3 is 15.4 Å². The first-order valence-electron chi connectivity index (χ1n) is 6.61. The lowest BCUT2D eigenvalue weighted by Crippen LogP contribution is -2.44. The Hall–Kier alpha value is -2.19. The Bertz CT molecular complexity index is 653. The molecule has 108 valence electrons. The zero-order valence-corrected chi connectivity index (χ0v) is 11.8. The number of carbonyl (C=O) groups excluding carboxylic acids is 2. The van der Waals surface area contributed by atoms with Crippen LogP contribution in [0.2, 0.25) is 5.02 Å². The molecule has 0 unspecified atom stereocenters. The topological polar surface area (TPSA) is 67.4 Å². The lowest BCUT2D eigenvalue weighted by Gasteiger charge is -2.23. The van der Waals surface area contributed by atoms with E-state index >= 15 is 0 Å². The third-order valence-corrected chi connectivity index (χ3v) is 4.11. The molecule has 1 aromatic carbocycles. The van der Waals surface area contributed by atoms with Crippen molar-refractivity contribution < 1.29 is 14.3 Å². The highest BCUT2D eigenvalue weighted by Crippen LogP contribution is 2.27. The number of amides is 2. The first kappa shape index (κ1) is 13.8. The Morgan fingerprint density at radius 1 is 1.48 bits per heavy atom. The van der Waals surface area contributed by atoms with E-state index in [1.807, 2.05) is 0 Å². The molecule has 21 heavy (non-hydrogen) atoms. The predicted molar refractivity (Wildman–Crippen MR) is 77.1 cm³/mol. The van der Waals surface area contributed by atoms with E-state index in [1.54, 1.807) is 18.2 Å². The maximum atomic E-state index is 12.3. The molecule has 2 aliphatic rings. The molecule has 1 aromatic rings. The molecular weight excluding hydrogens is 292 g/mol. The second-order valence-corrected chi connectivity index (χ2v) is 5.58. The zero-order valence-electron chi connectivity index (χ0n) is 11.1. The molecule has 5 nitrogen and oxygen atoms in total. The van der Waals surface area contributed by atoms with Gasteiger partial charge in [0.2, 0.25) is 0 Å². The number of terminal acetylenes is 1. The Labute approximate surface area is 127 Å². The van der Waals surface area contributed by atoms with Crippen LogP contribution in [0.5, 0.6) is 0 Å². The molecule has 1 heterocycles.